The number of nitro benzene ring substituents is 1. The van der Waals surface area contributed by atoms with E-state index in [1.165, 1.54) is 13.0 Å². The number of nitrogens with zero attached hydrogens (tertiary/aromatic N) is 1. The minimum atomic E-state index is -0.539. The zero-order valence-corrected chi connectivity index (χ0v) is 9.08. The van der Waals surface area contributed by atoms with Crippen LogP contribution in [0.1, 0.15) is 22.8 Å². The van der Waals surface area contributed by atoms with Crippen LogP contribution in [0.5, 0.6) is 0 Å². The van der Waals surface area contributed by atoms with Gasteiger partial charge in [-0.1, -0.05) is 28.1 Å². The maximum Gasteiger partial charge on any atom is 0.280 e. The van der Waals surface area contributed by atoms with E-state index in [2.05, 4.69) is 15.9 Å². The summed E-state index contributed by atoms with van der Waals surface area (Å²) in [5.74, 6) is -0.285. The average molecular weight is 258 g/mol. The van der Waals surface area contributed by atoms with Crippen molar-refractivity contribution in [3.8, 4) is 0 Å². The van der Waals surface area contributed by atoms with Gasteiger partial charge in [-0.05, 0) is 12.5 Å². The van der Waals surface area contributed by atoms with Gasteiger partial charge in [0.1, 0.15) is 0 Å². The van der Waals surface area contributed by atoms with Gasteiger partial charge >= 0.3 is 0 Å². The van der Waals surface area contributed by atoms with Gasteiger partial charge in [-0.2, -0.15) is 0 Å². The molecule has 1 aromatic rings. The minimum absolute atomic E-state index is 0.130. The number of carbonyl (C=O) groups is 1. The highest BCUT2D eigenvalue weighted by Gasteiger charge is 2.19. The highest BCUT2D eigenvalue weighted by Crippen LogP contribution is 2.24. The summed E-state index contributed by atoms with van der Waals surface area (Å²) in [7, 11) is 0. The summed E-state index contributed by atoms with van der Waals surface area (Å²) in [6.07, 6.45) is 0. The van der Waals surface area contributed by atoms with Crippen molar-refractivity contribution < 1.29 is 9.72 Å². The van der Waals surface area contributed by atoms with E-state index in [0.717, 1.165) is 0 Å². The van der Waals surface area contributed by atoms with Gasteiger partial charge in [0.05, 0.1) is 10.5 Å². The number of nitro groups is 1. The Kier molecular flexibility index (Phi) is 3.35. The van der Waals surface area contributed by atoms with Gasteiger partial charge in [0, 0.05) is 11.4 Å². The molecule has 0 saturated heterocycles. The topological polar surface area (TPSA) is 60.2 Å². The molecule has 0 atom stereocenters. The fraction of sp³-hybridized carbons (Fsp3) is 0.222. The van der Waals surface area contributed by atoms with Crippen LogP contribution in [0.15, 0.2) is 18.2 Å². The first-order valence-corrected chi connectivity index (χ1v) is 5.03. The van der Waals surface area contributed by atoms with Crippen LogP contribution >= 0.6 is 15.9 Å². The lowest BCUT2D eigenvalue weighted by Gasteiger charge is -2.03. The fourth-order valence-electron chi connectivity index (χ4n) is 1.26. The number of carbonyl (C=O) groups excluding carboxylic acids is 1. The van der Waals surface area contributed by atoms with Crippen molar-refractivity contribution in [2.24, 2.45) is 0 Å². The van der Waals surface area contributed by atoms with Crippen LogP contribution in [-0.4, -0.2) is 10.7 Å². The van der Waals surface area contributed by atoms with E-state index in [9.17, 15) is 14.9 Å². The largest absolute Gasteiger partial charge is 0.294 e. The third-order valence-electron chi connectivity index (χ3n) is 1.82. The first-order valence-electron chi connectivity index (χ1n) is 3.91. The lowest BCUT2D eigenvalue weighted by atomic mass is 10.0. The van der Waals surface area contributed by atoms with Crippen molar-refractivity contribution in [1.29, 1.82) is 0 Å². The summed E-state index contributed by atoms with van der Waals surface area (Å²) >= 11 is 3.19. The SMILES string of the molecule is CC(=O)c1c(CBr)cccc1[N+](=O)[O-]. The maximum atomic E-state index is 11.2. The van der Waals surface area contributed by atoms with E-state index in [0.29, 0.717) is 10.9 Å². The van der Waals surface area contributed by atoms with Crippen LogP contribution in [0.4, 0.5) is 5.69 Å². The van der Waals surface area contributed by atoms with E-state index in [-0.39, 0.29) is 17.0 Å². The molecule has 0 aliphatic rings. The second kappa shape index (κ2) is 4.32. The number of Topliss-reactive ketones (excluding diaryl/α,β-unsaturated/α-hetero) is 1. The highest BCUT2D eigenvalue weighted by atomic mass is 79.9. The predicted octanol–water partition coefficient (Wildman–Crippen LogP) is 2.69. The second-order valence-corrected chi connectivity index (χ2v) is 3.32. The number of hydrogen-bond donors (Lipinski definition) is 0. The summed E-state index contributed by atoms with van der Waals surface area (Å²) in [5, 5.41) is 11.1. The molecule has 0 heterocycles. The van der Waals surface area contributed by atoms with Crippen molar-refractivity contribution in [1.82, 2.24) is 0 Å². The molecule has 1 aromatic carbocycles. The number of ketones is 1. The molecule has 0 aliphatic heterocycles. The molecule has 4 nitrogen and oxygen atoms in total. The van der Waals surface area contributed by atoms with Gasteiger partial charge in [-0.3, -0.25) is 14.9 Å². The molecule has 0 bridgehead atoms. The third-order valence-corrected chi connectivity index (χ3v) is 2.43. The van der Waals surface area contributed by atoms with Gasteiger partial charge < -0.3 is 0 Å². The summed E-state index contributed by atoms with van der Waals surface area (Å²) < 4.78 is 0. The van der Waals surface area contributed by atoms with Crippen LogP contribution in [0.25, 0.3) is 0 Å². The van der Waals surface area contributed by atoms with E-state index in [1.54, 1.807) is 12.1 Å². The highest BCUT2D eigenvalue weighted by molar-refractivity contribution is 9.08. The summed E-state index contributed by atoms with van der Waals surface area (Å²) in [4.78, 5) is 21.3. The molecular weight excluding hydrogens is 250 g/mol. The standard InChI is InChI=1S/C9H8BrNO3/c1-6(12)9-7(5-10)3-2-4-8(9)11(13)14/h2-4H,5H2,1H3. The van der Waals surface area contributed by atoms with E-state index in [4.69, 9.17) is 0 Å². The summed E-state index contributed by atoms with van der Waals surface area (Å²) in [5.41, 5.74) is 0.704. The quantitative estimate of drug-likeness (QED) is 0.362. The second-order valence-electron chi connectivity index (χ2n) is 2.76. The number of alkyl halides is 1. The van der Waals surface area contributed by atoms with Crippen molar-refractivity contribution in [3.05, 3.63) is 39.4 Å². The average Bonchev–Trinajstić information content (AvgIpc) is 2.16. The van der Waals surface area contributed by atoms with Crippen LogP contribution < -0.4 is 0 Å². The van der Waals surface area contributed by atoms with E-state index >= 15 is 0 Å². The van der Waals surface area contributed by atoms with Crippen LogP contribution in [-0.2, 0) is 5.33 Å². The normalized spacial score (nSPS) is 9.86. The predicted molar refractivity (Wildman–Crippen MR) is 55.7 cm³/mol. The van der Waals surface area contributed by atoms with E-state index in [1.807, 2.05) is 0 Å². The molecule has 0 aromatic heterocycles. The van der Waals surface area contributed by atoms with Crippen molar-refractivity contribution in [2.75, 3.05) is 0 Å². The molecule has 0 aliphatic carbocycles. The number of benzene rings is 1. The van der Waals surface area contributed by atoms with Gasteiger partial charge in [0.15, 0.2) is 5.78 Å². The molecule has 0 N–H and O–H groups in total. The van der Waals surface area contributed by atoms with Gasteiger partial charge in [-0.25, -0.2) is 0 Å². The van der Waals surface area contributed by atoms with Crippen LogP contribution in [0.3, 0.4) is 0 Å². The number of halogens is 1. The Morgan fingerprint density at radius 2 is 2.21 bits per heavy atom. The molecule has 0 fully saturated rings. The van der Waals surface area contributed by atoms with Crippen molar-refractivity contribution in [3.63, 3.8) is 0 Å². The van der Waals surface area contributed by atoms with Gasteiger partial charge in [-0.15, -0.1) is 0 Å². The molecule has 14 heavy (non-hydrogen) atoms. The Bertz CT molecular complexity index is 390. The van der Waals surface area contributed by atoms with E-state index < -0.39 is 4.92 Å². The summed E-state index contributed by atoms with van der Waals surface area (Å²) in [6.45, 7) is 1.33. The molecule has 0 spiro atoms. The Balaban J connectivity index is 3.43. The molecule has 1 rings (SSSR count). The van der Waals surface area contributed by atoms with Gasteiger partial charge in [0.25, 0.3) is 5.69 Å². The van der Waals surface area contributed by atoms with Crippen LogP contribution in [0.2, 0.25) is 0 Å². The molecule has 0 amide bonds. The molecule has 74 valence electrons. The molecule has 0 radical (unpaired) electrons. The lowest BCUT2D eigenvalue weighted by molar-refractivity contribution is -0.385. The molecular formula is C9H8BrNO3. The Hall–Kier alpha value is -1.23. The van der Waals surface area contributed by atoms with Crippen molar-refractivity contribution >= 4 is 27.4 Å². The Morgan fingerprint density at radius 3 is 2.64 bits per heavy atom. The van der Waals surface area contributed by atoms with Gasteiger partial charge in [0.2, 0.25) is 0 Å². The monoisotopic (exact) mass is 257 g/mol. The number of rotatable bonds is 3. The van der Waals surface area contributed by atoms with Crippen molar-refractivity contribution in [2.45, 2.75) is 12.3 Å². The minimum Gasteiger partial charge on any atom is -0.294 e. The molecule has 5 heteroatoms. The first-order chi connectivity index (χ1) is 6.57. The smallest absolute Gasteiger partial charge is 0.280 e. The molecule has 0 unspecified atom stereocenters. The Labute approximate surface area is 89.2 Å². The third kappa shape index (κ3) is 1.98. The zero-order valence-electron chi connectivity index (χ0n) is 7.49. The maximum absolute atomic E-state index is 11.2. The first kappa shape index (κ1) is 10.8. The number of hydrogen-bond acceptors (Lipinski definition) is 3. The molecule has 0 saturated carbocycles. The lowest BCUT2D eigenvalue weighted by Crippen LogP contribution is -2.03. The zero-order chi connectivity index (χ0) is 10.7. The Morgan fingerprint density at radius 1 is 1.57 bits per heavy atom. The fourth-order valence-corrected chi connectivity index (χ4v) is 1.72. The summed E-state index contributed by atoms with van der Waals surface area (Å²) in [6, 6.07) is 4.60. The van der Waals surface area contributed by atoms with Crippen LogP contribution in [0, 0.1) is 10.1 Å².